The number of nitrogens with zero attached hydrogens (tertiary/aromatic N) is 7. The summed E-state index contributed by atoms with van der Waals surface area (Å²) in [5.41, 5.74) is 4.66. The van der Waals surface area contributed by atoms with Crippen LogP contribution in [0.5, 0.6) is 0 Å². The molecule has 0 radical (unpaired) electrons. The number of fused-ring (bicyclic) bond motifs is 2. The molecule has 1 aliphatic heterocycles. The van der Waals surface area contributed by atoms with E-state index in [1.807, 2.05) is 18.2 Å². The molecule has 0 saturated carbocycles. The number of anilines is 3. The van der Waals surface area contributed by atoms with Crippen molar-refractivity contribution in [2.24, 2.45) is 0 Å². The van der Waals surface area contributed by atoms with Gasteiger partial charge in [0.2, 0.25) is 5.95 Å². The van der Waals surface area contributed by atoms with E-state index in [2.05, 4.69) is 58.2 Å². The van der Waals surface area contributed by atoms with Crippen molar-refractivity contribution in [2.45, 2.75) is 32.2 Å². The third kappa shape index (κ3) is 4.23. The summed E-state index contributed by atoms with van der Waals surface area (Å²) in [5, 5.41) is 3.69. The molecule has 9 nitrogen and oxygen atoms in total. The fraction of sp³-hybridized carbons (Fsp3) is 0.357. The first-order chi connectivity index (χ1) is 18.0. The Morgan fingerprint density at radius 2 is 1.86 bits per heavy atom. The zero-order valence-electron chi connectivity index (χ0n) is 21.2. The van der Waals surface area contributed by atoms with Crippen LogP contribution in [0.1, 0.15) is 30.5 Å². The molecule has 1 N–H and O–H groups in total. The van der Waals surface area contributed by atoms with Crippen molar-refractivity contribution in [3.8, 4) is 18.2 Å². The molecule has 1 aromatic carbocycles. The summed E-state index contributed by atoms with van der Waals surface area (Å²) in [6.07, 6.45) is 9.29. The minimum atomic E-state index is -0.230. The second kappa shape index (κ2) is 9.37. The minimum absolute atomic E-state index is 0.111. The smallest absolute Gasteiger partial charge is 0.279 e. The maximum Gasteiger partial charge on any atom is 0.279 e. The highest BCUT2D eigenvalue weighted by Gasteiger charge is 2.23. The zero-order chi connectivity index (χ0) is 25.5. The van der Waals surface area contributed by atoms with Crippen LogP contribution in [-0.4, -0.2) is 62.4 Å². The zero-order valence-corrected chi connectivity index (χ0v) is 21.2. The first kappa shape index (κ1) is 23.3. The molecule has 1 aliphatic carbocycles. The van der Waals surface area contributed by atoms with Gasteiger partial charge in [0, 0.05) is 49.4 Å². The average molecular weight is 495 g/mol. The molecule has 2 aliphatic rings. The summed E-state index contributed by atoms with van der Waals surface area (Å²) in [6.45, 7) is 6.46. The molecule has 4 aromatic rings. The Bertz CT molecular complexity index is 1550. The Morgan fingerprint density at radius 1 is 1.08 bits per heavy atom. The van der Waals surface area contributed by atoms with Gasteiger partial charge in [-0.15, -0.1) is 6.42 Å². The Morgan fingerprint density at radius 3 is 2.62 bits per heavy atom. The van der Waals surface area contributed by atoms with Gasteiger partial charge in [-0.25, -0.2) is 19.3 Å². The number of likely N-dealkylation sites (N-methyl/N-ethyl adjacent to an activating group) is 1. The van der Waals surface area contributed by atoms with Crippen molar-refractivity contribution in [1.29, 1.82) is 0 Å². The van der Waals surface area contributed by atoms with Crippen molar-refractivity contribution in [3.05, 3.63) is 64.2 Å². The van der Waals surface area contributed by atoms with Crippen LogP contribution in [-0.2, 0) is 13.0 Å². The van der Waals surface area contributed by atoms with E-state index in [0.29, 0.717) is 28.7 Å². The molecule has 188 valence electrons. The Balaban J connectivity index is 1.35. The van der Waals surface area contributed by atoms with Crippen LogP contribution < -0.4 is 15.8 Å². The second-order valence-corrected chi connectivity index (χ2v) is 9.93. The van der Waals surface area contributed by atoms with E-state index in [4.69, 9.17) is 16.4 Å². The van der Waals surface area contributed by atoms with E-state index in [9.17, 15) is 4.79 Å². The lowest BCUT2D eigenvalue weighted by Crippen LogP contribution is -2.44. The summed E-state index contributed by atoms with van der Waals surface area (Å²) in [5.74, 6) is 4.01. The Labute approximate surface area is 215 Å². The molecule has 0 bridgehead atoms. The first-order valence-corrected chi connectivity index (χ1v) is 12.7. The lowest BCUT2D eigenvalue weighted by molar-refractivity contribution is 0.313. The topological polar surface area (TPSA) is 84.1 Å². The largest absolute Gasteiger partial charge is 0.369 e. The van der Waals surface area contributed by atoms with Crippen LogP contribution in [0.15, 0.2) is 47.4 Å². The molecule has 9 heteroatoms. The predicted molar refractivity (Wildman–Crippen MR) is 146 cm³/mol. The average Bonchev–Trinajstić information content (AvgIpc) is 3.41. The Kier molecular flexibility index (Phi) is 5.89. The lowest BCUT2D eigenvalue weighted by atomic mass is 10.1. The van der Waals surface area contributed by atoms with Gasteiger partial charge < -0.3 is 15.1 Å². The third-order valence-corrected chi connectivity index (χ3v) is 7.44. The minimum Gasteiger partial charge on any atom is -0.369 e. The normalized spacial score (nSPS) is 17.6. The van der Waals surface area contributed by atoms with Crippen LogP contribution in [0.3, 0.4) is 0 Å². The number of terminal acetylenes is 1. The van der Waals surface area contributed by atoms with Gasteiger partial charge >= 0.3 is 0 Å². The summed E-state index contributed by atoms with van der Waals surface area (Å²) in [4.78, 5) is 32.0. The molecule has 0 amide bonds. The fourth-order valence-electron chi connectivity index (χ4n) is 5.26. The summed E-state index contributed by atoms with van der Waals surface area (Å²) in [6, 6.07) is 12.3. The number of hydrogen-bond donors (Lipinski definition) is 1. The number of hydrogen-bond acceptors (Lipinski definition) is 7. The number of pyridine rings is 1. The van der Waals surface area contributed by atoms with Gasteiger partial charge in [-0.05, 0) is 61.7 Å². The standard InChI is InChI=1S/C28H30N8O/c1-4-13-35-27(37)23-18-29-28(30-21-8-10-22(11-9-21)34-16-14-33(3)15-17-34)32-26(23)36(35)24-12-7-20-6-5-19(2)25(20)31-24/h1,7-12,18-19H,5-6,13-17H2,2-3H3,(H,29,30,32). The van der Waals surface area contributed by atoms with Gasteiger partial charge in [0.25, 0.3) is 5.56 Å². The number of nitrogens with one attached hydrogen (secondary N) is 1. The van der Waals surface area contributed by atoms with E-state index in [1.54, 1.807) is 10.9 Å². The van der Waals surface area contributed by atoms with E-state index >= 15 is 0 Å². The SMILES string of the molecule is C#CCn1c(=O)c2cnc(Nc3ccc(N4CCN(C)CC4)cc3)nc2n1-c1ccc2c(n1)C(C)CC2. The van der Waals surface area contributed by atoms with Crippen LogP contribution in [0.25, 0.3) is 16.9 Å². The van der Waals surface area contributed by atoms with E-state index in [0.717, 1.165) is 50.4 Å². The van der Waals surface area contributed by atoms with Crippen molar-refractivity contribution < 1.29 is 0 Å². The maximum atomic E-state index is 13.2. The van der Waals surface area contributed by atoms with Gasteiger partial charge in [-0.3, -0.25) is 4.79 Å². The molecular formula is C28H30N8O. The molecule has 37 heavy (non-hydrogen) atoms. The monoisotopic (exact) mass is 494 g/mol. The Hall–Kier alpha value is -4.16. The quantitative estimate of drug-likeness (QED) is 0.427. The van der Waals surface area contributed by atoms with Gasteiger partial charge in [-0.2, -0.15) is 4.98 Å². The van der Waals surface area contributed by atoms with E-state index in [-0.39, 0.29) is 12.1 Å². The number of piperazine rings is 1. The molecule has 4 heterocycles. The summed E-state index contributed by atoms with van der Waals surface area (Å²) in [7, 11) is 2.16. The number of benzene rings is 1. The van der Waals surface area contributed by atoms with Crippen LogP contribution >= 0.6 is 0 Å². The van der Waals surface area contributed by atoms with Gasteiger partial charge in [-0.1, -0.05) is 18.9 Å². The third-order valence-electron chi connectivity index (χ3n) is 7.44. The van der Waals surface area contributed by atoms with Crippen molar-refractivity contribution in [3.63, 3.8) is 0 Å². The molecular weight excluding hydrogens is 464 g/mol. The molecule has 3 aromatic heterocycles. The van der Waals surface area contributed by atoms with Crippen LogP contribution in [0.4, 0.5) is 17.3 Å². The summed E-state index contributed by atoms with van der Waals surface area (Å²) < 4.78 is 3.23. The number of aryl methyl sites for hydroxylation is 1. The van der Waals surface area contributed by atoms with Crippen molar-refractivity contribution in [2.75, 3.05) is 43.4 Å². The molecule has 1 fully saturated rings. The first-order valence-electron chi connectivity index (χ1n) is 12.7. The van der Waals surface area contributed by atoms with Gasteiger partial charge in [0.15, 0.2) is 11.5 Å². The molecule has 1 unspecified atom stereocenters. The maximum absolute atomic E-state index is 13.2. The van der Waals surface area contributed by atoms with Gasteiger partial charge in [0.1, 0.15) is 11.9 Å². The molecule has 0 spiro atoms. The lowest BCUT2D eigenvalue weighted by Gasteiger charge is -2.34. The highest BCUT2D eigenvalue weighted by Crippen LogP contribution is 2.32. The highest BCUT2D eigenvalue weighted by molar-refractivity contribution is 5.77. The van der Waals surface area contributed by atoms with Crippen LogP contribution in [0, 0.1) is 12.3 Å². The second-order valence-electron chi connectivity index (χ2n) is 9.93. The highest BCUT2D eigenvalue weighted by atomic mass is 16.1. The number of rotatable bonds is 5. The van der Waals surface area contributed by atoms with E-state index in [1.165, 1.54) is 15.9 Å². The fourth-order valence-corrected chi connectivity index (χ4v) is 5.26. The number of aromatic nitrogens is 5. The molecule has 6 rings (SSSR count). The molecule has 1 atom stereocenters. The molecule has 1 saturated heterocycles. The van der Waals surface area contributed by atoms with Crippen molar-refractivity contribution in [1.82, 2.24) is 29.2 Å². The van der Waals surface area contributed by atoms with Crippen molar-refractivity contribution >= 4 is 28.4 Å². The van der Waals surface area contributed by atoms with Crippen LogP contribution in [0.2, 0.25) is 0 Å². The summed E-state index contributed by atoms with van der Waals surface area (Å²) >= 11 is 0. The predicted octanol–water partition coefficient (Wildman–Crippen LogP) is 3.16. The van der Waals surface area contributed by atoms with E-state index < -0.39 is 0 Å². The van der Waals surface area contributed by atoms with Gasteiger partial charge in [0.05, 0.1) is 0 Å².